The zero-order valence-electron chi connectivity index (χ0n) is 18.9. The Hall–Kier alpha value is -3.31. The van der Waals surface area contributed by atoms with Crippen LogP contribution in [0.3, 0.4) is 0 Å². The van der Waals surface area contributed by atoms with E-state index in [0.717, 1.165) is 25.1 Å². The fourth-order valence-corrected chi connectivity index (χ4v) is 4.27. The third kappa shape index (κ3) is 5.48. The maximum atomic E-state index is 12.5. The number of hydrogen-bond acceptors (Lipinski definition) is 3. The second-order valence-corrected chi connectivity index (χ2v) is 8.54. The van der Waals surface area contributed by atoms with Gasteiger partial charge in [0.15, 0.2) is 0 Å². The summed E-state index contributed by atoms with van der Waals surface area (Å²) in [4.78, 5) is 17.1. The smallest absolute Gasteiger partial charge is 0.315 e. The van der Waals surface area contributed by atoms with Crippen LogP contribution in [0.2, 0.25) is 0 Å². The van der Waals surface area contributed by atoms with Crippen molar-refractivity contribution in [2.24, 2.45) is 0 Å². The predicted molar refractivity (Wildman–Crippen MR) is 131 cm³/mol. The van der Waals surface area contributed by atoms with Crippen LogP contribution in [-0.2, 0) is 19.5 Å². The molecule has 0 bridgehead atoms. The number of fused-ring (bicyclic) bond motifs is 1. The first-order valence-corrected chi connectivity index (χ1v) is 11.2. The van der Waals surface area contributed by atoms with Gasteiger partial charge in [-0.2, -0.15) is 0 Å². The molecule has 0 aliphatic carbocycles. The molecule has 1 heterocycles. The van der Waals surface area contributed by atoms with E-state index in [-0.39, 0.29) is 12.1 Å². The van der Waals surface area contributed by atoms with Gasteiger partial charge in [-0.15, -0.1) is 0 Å². The number of nitrogens with one attached hydrogen (secondary N) is 2. The summed E-state index contributed by atoms with van der Waals surface area (Å²) >= 11 is 0. The summed E-state index contributed by atoms with van der Waals surface area (Å²) in [6.45, 7) is 2.95. The Morgan fingerprint density at radius 1 is 0.906 bits per heavy atom. The number of urea groups is 1. The molecule has 3 aromatic rings. The summed E-state index contributed by atoms with van der Waals surface area (Å²) in [5, 5.41) is 6.08. The molecule has 32 heavy (non-hydrogen) atoms. The summed E-state index contributed by atoms with van der Waals surface area (Å²) < 4.78 is 0. The van der Waals surface area contributed by atoms with Crippen molar-refractivity contribution in [1.29, 1.82) is 0 Å². The molecule has 0 aromatic heterocycles. The molecular weight excluding hydrogens is 396 g/mol. The second-order valence-electron chi connectivity index (χ2n) is 8.54. The van der Waals surface area contributed by atoms with Crippen molar-refractivity contribution >= 4 is 11.7 Å². The van der Waals surface area contributed by atoms with Gasteiger partial charge in [0.05, 0.1) is 6.04 Å². The fourth-order valence-electron chi connectivity index (χ4n) is 4.27. The molecule has 1 aliphatic heterocycles. The van der Waals surface area contributed by atoms with Gasteiger partial charge in [-0.3, -0.25) is 4.90 Å². The van der Waals surface area contributed by atoms with E-state index in [9.17, 15) is 4.79 Å². The lowest BCUT2D eigenvalue weighted by molar-refractivity contribution is 0.174. The first-order valence-electron chi connectivity index (χ1n) is 11.2. The maximum absolute atomic E-state index is 12.5. The van der Waals surface area contributed by atoms with Gasteiger partial charge in [0.25, 0.3) is 0 Å². The van der Waals surface area contributed by atoms with Crippen molar-refractivity contribution in [2.45, 2.75) is 25.6 Å². The van der Waals surface area contributed by atoms with Crippen molar-refractivity contribution < 1.29 is 4.79 Å². The summed E-state index contributed by atoms with van der Waals surface area (Å²) in [7, 11) is 4.10. The Bertz CT molecular complexity index is 1020. The molecule has 0 fully saturated rings. The Balaban J connectivity index is 1.45. The largest absolute Gasteiger partial charge is 0.378 e. The highest BCUT2D eigenvalue weighted by Gasteiger charge is 2.25. The number of benzene rings is 3. The van der Waals surface area contributed by atoms with Gasteiger partial charge in [-0.25, -0.2) is 4.79 Å². The number of carbonyl (C=O) groups excluding carboxylic acids is 1. The molecule has 2 N–H and O–H groups in total. The highest BCUT2D eigenvalue weighted by molar-refractivity contribution is 5.73. The summed E-state index contributed by atoms with van der Waals surface area (Å²) in [6.07, 6.45) is 1.03. The lowest BCUT2D eigenvalue weighted by Crippen LogP contribution is -2.43. The highest BCUT2D eigenvalue weighted by atomic mass is 16.2. The zero-order chi connectivity index (χ0) is 22.3. The Morgan fingerprint density at radius 3 is 2.31 bits per heavy atom. The molecule has 2 amide bonds. The molecular formula is C27H32N4O. The van der Waals surface area contributed by atoms with Crippen molar-refractivity contribution in [1.82, 2.24) is 15.5 Å². The zero-order valence-corrected chi connectivity index (χ0v) is 18.9. The highest BCUT2D eigenvalue weighted by Crippen LogP contribution is 2.28. The number of carbonyl (C=O) groups is 1. The normalized spacial score (nSPS) is 14.3. The lowest BCUT2D eigenvalue weighted by Gasteiger charge is -2.36. The third-order valence-electron chi connectivity index (χ3n) is 6.15. The van der Waals surface area contributed by atoms with Gasteiger partial charge in [-0.1, -0.05) is 66.7 Å². The van der Waals surface area contributed by atoms with E-state index in [1.807, 2.05) is 44.4 Å². The lowest BCUT2D eigenvalue weighted by atomic mass is 9.96. The third-order valence-corrected chi connectivity index (χ3v) is 6.15. The van der Waals surface area contributed by atoms with E-state index in [2.05, 4.69) is 69.0 Å². The van der Waals surface area contributed by atoms with Crippen molar-refractivity contribution in [3.05, 3.63) is 101 Å². The van der Waals surface area contributed by atoms with Crippen LogP contribution in [0.15, 0.2) is 78.9 Å². The quantitative estimate of drug-likeness (QED) is 0.588. The van der Waals surface area contributed by atoms with Gasteiger partial charge in [0.2, 0.25) is 0 Å². The van der Waals surface area contributed by atoms with Crippen LogP contribution in [0.5, 0.6) is 0 Å². The van der Waals surface area contributed by atoms with E-state index in [1.54, 1.807) is 0 Å². The van der Waals surface area contributed by atoms with Crippen LogP contribution in [-0.4, -0.2) is 38.1 Å². The maximum Gasteiger partial charge on any atom is 0.315 e. The van der Waals surface area contributed by atoms with Crippen LogP contribution >= 0.6 is 0 Å². The van der Waals surface area contributed by atoms with E-state index in [1.165, 1.54) is 22.4 Å². The molecule has 1 aliphatic rings. The SMILES string of the molecule is CN(C)c1ccc(C(CNC(=O)NCc2ccccc2)N2CCc3ccccc3C2)cc1. The van der Waals surface area contributed by atoms with E-state index >= 15 is 0 Å². The standard InChI is InChI=1S/C27H32N4O/c1-30(2)25-14-12-23(13-15-25)26(31-17-16-22-10-6-7-11-24(22)20-31)19-29-27(32)28-18-21-8-4-3-5-9-21/h3-15,26H,16-20H2,1-2H3,(H2,28,29,32). The molecule has 3 aromatic carbocycles. The Kier molecular flexibility index (Phi) is 7.07. The average molecular weight is 429 g/mol. The monoisotopic (exact) mass is 428 g/mol. The van der Waals surface area contributed by atoms with Gasteiger partial charge >= 0.3 is 6.03 Å². The van der Waals surface area contributed by atoms with Crippen LogP contribution in [0, 0.1) is 0 Å². The first-order chi connectivity index (χ1) is 15.6. The number of hydrogen-bond donors (Lipinski definition) is 2. The number of amides is 2. The fraction of sp³-hybridized carbons (Fsp3) is 0.296. The topological polar surface area (TPSA) is 47.6 Å². The van der Waals surface area contributed by atoms with Gasteiger partial charge in [0, 0.05) is 46.0 Å². The molecule has 166 valence electrons. The average Bonchev–Trinajstić information content (AvgIpc) is 2.83. The molecule has 1 atom stereocenters. The molecule has 0 saturated carbocycles. The molecule has 1 unspecified atom stereocenters. The molecule has 5 nitrogen and oxygen atoms in total. The number of rotatable bonds is 7. The van der Waals surface area contributed by atoms with Crippen molar-refractivity contribution in [2.75, 3.05) is 32.1 Å². The van der Waals surface area contributed by atoms with Gasteiger partial charge in [-0.05, 0) is 40.8 Å². The molecule has 0 radical (unpaired) electrons. The molecule has 0 saturated heterocycles. The van der Waals surface area contributed by atoms with E-state index in [4.69, 9.17) is 0 Å². The molecule has 0 spiro atoms. The Labute approximate surface area is 191 Å². The van der Waals surface area contributed by atoms with E-state index in [0.29, 0.717) is 13.1 Å². The van der Waals surface area contributed by atoms with Crippen LogP contribution in [0.25, 0.3) is 0 Å². The number of nitrogens with zero attached hydrogens (tertiary/aromatic N) is 2. The second kappa shape index (κ2) is 10.3. The predicted octanol–water partition coefficient (Wildman–Crippen LogP) is 4.35. The molecule has 5 heteroatoms. The van der Waals surface area contributed by atoms with Crippen molar-refractivity contribution in [3.8, 4) is 0 Å². The minimum atomic E-state index is -0.138. The van der Waals surface area contributed by atoms with Crippen LogP contribution < -0.4 is 15.5 Å². The van der Waals surface area contributed by atoms with Gasteiger partial charge in [0.1, 0.15) is 0 Å². The Morgan fingerprint density at radius 2 is 1.59 bits per heavy atom. The van der Waals surface area contributed by atoms with Crippen LogP contribution in [0.4, 0.5) is 10.5 Å². The minimum absolute atomic E-state index is 0.113. The van der Waals surface area contributed by atoms with Crippen molar-refractivity contribution in [3.63, 3.8) is 0 Å². The number of anilines is 1. The minimum Gasteiger partial charge on any atom is -0.378 e. The molecule has 4 rings (SSSR count). The first kappa shape index (κ1) is 21.9. The van der Waals surface area contributed by atoms with Gasteiger partial charge < -0.3 is 15.5 Å². The van der Waals surface area contributed by atoms with Crippen LogP contribution in [0.1, 0.15) is 28.3 Å². The summed E-state index contributed by atoms with van der Waals surface area (Å²) in [6, 6.07) is 27.3. The van der Waals surface area contributed by atoms with E-state index < -0.39 is 0 Å². The summed E-state index contributed by atoms with van der Waals surface area (Å²) in [5.74, 6) is 0. The summed E-state index contributed by atoms with van der Waals surface area (Å²) in [5.41, 5.74) is 6.29.